The molecular formula is C26H30N2O3. The van der Waals surface area contributed by atoms with Gasteiger partial charge < -0.3 is 14.6 Å². The van der Waals surface area contributed by atoms with Gasteiger partial charge in [-0.05, 0) is 57.9 Å². The van der Waals surface area contributed by atoms with Crippen LogP contribution in [0.3, 0.4) is 0 Å². The largest absolute Gasteiger partial charge is 0.462 e. The van der Waals surface area contributed by atoms with E-state index in [2.05, 4.69) is 4.98 Å². The summed E-state index contributed by atoms with van der Waals surface area (Å²) in [6.07, 6.45) is 0. The van der Waals surface area contributed by atoms with Crippen LogP contribution in [0.5, 0.6) is 0 Å². The van der Waals surface area contributed by atoms with Crippen LogP contribution in [0.1, 0.15) is 61.3 Å². The molecule has 0 unspecified atom stereocenters. The highest BCUT2D eigenvalue weighted by Gasteiger charge is 2.23. The van der Waals surface area contributed by atoms with Crippen molar-refractivity contribution in [3.63, 3.8) is 0 Å². The maximum Gasteiger partial charge on any atom is 0.340 e. The lowest BCUT2D eigenvalue weighted by molar-refractivity contribution is 0.0525. The van der Waals surface area contributed by atoms with Gasteiger partial charge in [0.15, 0.2) is 0 Å². The van der Waals surface area contributed by atoms with E-state index in [9.17, 15) is 9.59 Å². The summed E-state index contributed by atoms with van der Waals surface area (Å²) in [6.45, 7) is 10.7. The third-order valence-electron chi connectivity index (χ3n) is 5.45. The van der Waals surface area contributed by atoms with Crippen molar-refractivity contribution in [2.75, 3.05) is 6.61 Å². The maximum absolute atomic E-state index is 13.4. The first-order valence-corrected chi connectivity index (χ1v) is 10.6. The summed E-state index contributed by atoms with van der Waals surface area (Å²) in [5, 5.41) is 0. The topological polar surface area (TPSA) is 62.4 Å². The molecule has 0 aliphatic carbocycles. The number of esters is 1. The Morgan fingerprint density at radius 1 is 0.871 bits per heavy atom. The lowest BCUT2D eigenvalue weighted by Crippen LogP contribution is -2.30. The number of nitrogens with one attached hydrogen (secondary N) is 1. The first-order chi connectivity index (χ1) is 14.8. The highest BCUT2D eigenvalue weighted by atomic mass is 16.5. The van der Waals surface area contributed by atoms with E-state index in [0.717, 1.165) is 28.1 Å². The third-order valence-corrected chi connectivity index (χ3v) is 5.45. The smallest absolute Gasteiger partial charge is 0.340 e. The zero-order valence-electron chi connectivity index (χ0n) is 18.9. The Bertz CT molecular complexity index is 1060. The number of aryl methyl sites for hydroxylation is 3. The number of H-pyrrole nitrogens is 1. The van der Waals surface area contributed by atoms with Crippen molar-refractivity contribution in [3.8, 4) is 0 Å². The van der Waals surface area contributed by atoms with Crippen LogP contribution < -0.4 is 0 Å². The first kappa shape index (κ1) is 22.3. The average Bonchev–Trinajstić information content (AvgIpc) is 3.02. The number of ether oxygens (including phenoxy) is 1. The quantitative estimate of drug-likeness (QED) is 0.532. The number of hydrogen-bond donors (Lipinski definition) is 1. The van der Waals surface area contributed by atoms with Crippen LogP contribution in [0.25, 0.3) is 0 Å². The molecule has 1 aromatic heterocycles. The van der Waals surface area contributed by atoms with E-state index in [1.165, 1.54) is 5.56 Å². The van der Waals surface area contributed by atoms with Crippen molar-refractivity contribution in [3.05, 3.63) is 93.3 Å². The molecule has 0 radical (unpaired) electrons. The van der Waals surface area contributed by atoms with E-state index >= 15 is 0 Å². The zero-order valence-corrected chi connectivity index (χ0v) is 18.9. The molecule has 1 heterocycles. The molecule has 0 bridgehead atoms. The van der Waals surface area contributed by atoms with Crippen LogP contribution in [-0.2, 0) is 17.8 Å². The molecule has 0 aliphatic rings. The summed E-state index contributed by atoms with van der Waals surface area (Å²) >= 11 is 0. The molecule has 1 N–H and O–H groups in total. The van der Waals surface area contributed by atoms with Crippen molar-refractivity contribution in [2.24, 2.45) is 0 Å². The SMILES string of the molecule is CCOC(=O)c1c(C)[nH]c(CN(Cc2ccc(C)cc2)C(=O)c2ccc(C)cc2)c1C. The summed E-state index contributed by atoms with van der Waals surface area (Å²) in [4.78, 5) is 30.9. The minimum Gasteiger partial charge on any atom is -0.462 e. The van der Waals surface area contributed by atoms with E-state index in [-0.39, 0.29) is 11.9 Å². The number of aromatic amines is 1. The normalized spacial score (nSPS) is 10.7. The van der Waals surface area contributed by atoms with Gasteiger partial charge in [-0.2, -0.15) is 0 Å². The number of benzene rings is 2. The number of hydrogen-bond acceptors (Lipinski definition) is 3. The molecule has 1 amide bonds. The maximum atomic E-state index is 13.4. The fraction of sp³-hybridized carbons (Fsp3) is 0.308. The Kier molecular flexibility index (Phi) is 6.95. The van der Waals surface area contributed by atoms with Crippen LogP contribution in [0, 0.1) is 27.7 Å². The Hall–Kier alpha value is -3.34. The summed E-state index contributed by atoms with van der Waals surface area (Å²) in [5.41, 5.74) is 6.95. The molecule has 3 aromatic rings. The van der Waals surface area contributed by atoms with Crippen molar-refractivity contribution in [2.45, 2.75) is 47.7 Å². The monoisotopic (exact) mass is 418 g/mol. The molecule has 0 fully saturated rings. The molecule has 0 aliphatic heterocycles. The number of rotatable bonds is 7. The van der Waals surface area contributed by atoms with Crippen LogP contribution in [0.4, 0.5) is 0 Å². The van der Waals surface area contributed by atoms with Gasteiger partial charge in [0.25, 0.3) is 5.91 Å². The molecule has 0 spiro atoms. The Labute approximate surface area is 184 Å². The van der Waals surface area contributed by atoms with Gasteiger partial charge in [0.2, 0.25) is 0 Å². The number of carbonyl (C=O) groups is 2. The summed E-state index contributed by atoms with van der Waals surface area (Å²) in [6, 6.07) is 15.8. The van der Waals surface area contributed by atoms with E-state index in [1.807, 2.05) is 81.1 Å². The summed E-state index contributed by atoms with van der Waals surface area (Å²) < 4.78 is 5.20. The number of nitrogens with zero attached hydrogens (tertiary/aromatic N) is 1. The van der Waals surface area contributed by atoms with Gasteiger partial charge in [-0.1, -0.05) is 47.5 Å². The molecule has 162 valence electrons. The lowest BCUT2D eigenvalue weighted by atomic mass is 10.1. The minimum absolute atomic E-state index is 0.0510. The number of aromatic nitrogens is 1. The van der Waals surface area contributed by atoms with Crippen LogP contribution in [0.15, 0.2) is 48.5 Å². The molecule has 5 heteroatoms. The van der Waals surface area contributed by atoms with E-state index in [0.29, 0.717) is 30.8 Å². The van der Waals surface area contributed by atoms with Gasteiger partial charge >= 0.3 is 5.97 Å². The molecule has 0 atom stereocenters. The predicted octanol–water partition coefficient (Wildman–Crippen LogP) is 5.27. The number of amides is 1. The van der Waals surface area contributed by atoms with E-state index in [1.54, 1.807) is 6.92 Å². The second kappa shape index (κ2) is 9.65. The van der Waals surface area contributed by atoms with Crippen molar-refractivity contribution >= 4 is 11.9 Å². The molecule has 5 nitrogen and oxygen atoms in total. The van der Waals surface area contributed by atoms with E-state index < -0.39 is 0 Å². The highest BCUT2D eigenvalue weighted by Crippen LogP contribution is 2.22. The van der Waals surface area contributed by atoms with Crippen molar-refractivity contribution in [1.29, 1.82) is 0 Å². The minimum atomic E-state index is -0.338. The first-order valence-electron chi connectivity index (χ1n) is 10.6. The van der Waals surface area contributed by atoms with Crippen LogP contribution in [0.2, 0.25) is 0 Å². The van der Waals surface area contributed by atoms with Crippen LogP contribution >= 0.6 is 0 Å². The predicted molar refractivity (Wildman–Crippen MR) is 122 cm³/mol. The molecule has 0 saturated carbocycles. The summed E-state index contributed by atoms with van der Waals surface area (Å²) in [7, 11) is 0. The van der Waals surface area contributed by atoms with Crippen molar-refractivity contribution in [1.82, 2.24) is 9.88 Å². The highest BCUT2D eigenvalue weighted by molar-refractivity contribution is 5.95. The van der Waals surface area contributed by atoms with Gasteiger partial charge in [-0.3, -0.25) is 4.79 Å². The summed E-state index contributed by atoms with van der Waals surface area (Å²) in [5.74, 6) is -0.389. The second-order valence-electron chi connectivity index (χ2n) is 7.96. The molecule has 0 saturated heterocycles. The van der Waals surface area contributed by atoms with Gasteiger partial charge in [0, 0.05) is 23.5 Å². The van der Waals surface area contributed by atoms with Gasteiger partial charge in [-0.25, -0.2) is 4.79 Å². The standard InChI is InChI=1S/C26H30N2O3/c1-6-31-26(30)24-19(4)23(27-20(24)5)16-28(15-21-11-7-17(2)8-12-21)25(29)22-13-9-18(3)10-14-22/h7-14,27H,6,15-16H2,1-5H3. The van der Waals surface area contributed by atoms with Gasteiger partial charge in [-0.15, -0.1) is 0 Å². The molecule has 3 rings (SSSR count). The number of carbonyl (C=O) groups excluding carboxylic acids is 2. The fourth-order valence-electron chi connectivity index (χ4n) is 3.67. The second-order valence-corrected chi connectivity index (χ2v) is 7.96. The molecule has 2 aromatic carbocycles. The average molecular weight is 419 g/mol. The third kappa shape index (κ3) is 5.23. The fourth-order valence-corrected chi connectivity index (χ4v) is 3.67. The van der Waals surface area contributed by atoms with Crippen LogP contribution in [-0.4, -0.2) is 28.4 Å². The van der Waals surface area contributed by atoms with Gasteiger partial charge in [0.1, 0.15) is 0 Å². The Morgan fingerprint density at radius 3 is 2.03 bits per heavy atom. The Balaban J connectivity index is 1.93. The Morgan fingerprint density at radius 2 is 1.45 bits per heavy atom. The van der Waals surface area contributed by atoms with Gasteiger partial charge in [0.05, 0.1) is 18.7 Å². The lowest BCUT2D eigenvalue weighted by Gasteiger charge is -2.23. The van der Waals surface area contributed by atoms with Crippen molar-refractivity contribution < 1.29 is 14.3 Å². The molecule has 31 heavy (non-hydrogen) atoms. The van der Waals surface area contributed by atoms with E-state index in [4.69, 9.17) is 4.74 Å². The molecular weight excluding hydrogens is 388 g/mol. The zero-order chi connectivity index (χ0) is 22.5.